The highest BCUT2D eigenvalue weighted by Gasteiger charge is 2.23. The maximum atomic E-state index is 14.9. The van der Waals surface area contributed by atoms with Gasteiger partial charge in [0, 0.05) is 61.5 Å². The van der Waals surface area contributed by atoms with Crippen molar-refractivity contribution in [1.29, 1.82) is 0 Å². The minimum atomic E-state index is -2.64. The second-order valence-corrected chi connectivity index (χ2v) is 8.17. The topological polar surface area (TPSA) is 43.2 Å². The molecule has 32 heavy (non-hydrogen) atoms. The average Bonchev–Trinajstić information content (AvgIpc) is 3.33. The van der Waals surface area contributed by atoms with Crippen LogP contribution in [0, 0.1) is 5.82 Å². The fraction of sp³-hybridized carbons (Fsp3) is 0.391. The molecule has 4 rings (SSSR count). The van der Waals surface area contributed by atoms with Crippen LogP contribution in [0.25, 0.3) is 0 Å². The molecule has 0 atom stereocenters. The number of benzene rings is 2. The summed E-state index contributed by atoms with van der Waals surface area (Å²) in [6, 6.07) is 14.6. The Morgan fingerprint density at radius 3 is 2.41 bits per heavy atom. The Bertz CT molecular complexity index is 930. The molecule has 0 saturated carbocycles. The molecule has 0 unspecified atom stereocenters. The molecule has 172 valence electrons. The van der Waals surface area contributed by atoms with Gasteiger partial charge in [0.15, 0.2) is 0 Å². The zero-order chi connectivity index (χ0) is 22.9. The number of alkyl halides is 2. The van der Waals surface area contributed by atoms with Gasteiger partial charge in [0.25, 0.3) is 6.43 Å². The number of halogens is 3. The van der Waals surface area contributed by atoms with Crippen molar-refractivity contribution in [2.24, 2.45) is 10.2 Å². The first-order chi connectivity index (χ1) is 15.6. The number of nitrogens with zero attached hydrogens (tertiary/aromatic N) is 4. The summed E-state index contributed by atoms with van der Waals surface area (Å²) in [6.07, 6.45) is -2.69. The lowest BCUT2D eigenvalue weighted by atomic mass is 10.0. The molecule has 1 N–H and O–H groups in total. The van der Waals surface area contributed by atoms with Crippen molar-refractivity contribution in [3.63, 3.8) is 0 Å². The van der Waals surface area contributed by atoms with Crippen molar-refractivity contribution in [2.45, 2.75) is 33.2 Å². The molecule has 2 aliphatic rings. The van der Waals surface area contributed by atoms with Gasteiger partial charge in [-0.15, -0.1) is 0 Å². The maximum absolute atomic E-state index is 14.9. The van der Waals surface area contributed by atoms with Gasteiger partial charge in [-0.25, -0.2) is 17.5 Å². The molecule has 2 aromatic carbocycles. The summed E-state index contributed by atoms with van der Waals surface area (Å²) < 4.78 is 44.8. The van der Waals surface area contributed by atoms with Crippen molar-refractivity contribution in [2.75, 3.05) is 30.5 Å². The predicted octanol–water partition coefficient (Wildman–Crippen LogP) is 5.14. The molecule has 2 heterocycles. The normalized spacial score (nSPS) is 16.3. The largest absolute Gasteiger partial charge is 0.314 e. The van der Waals surface area contributed by atoms with Crippen LogP contribution in [-0.4, -0.2) is 48.3 Å². The third kappa shape index (κ3) is 6.34. The molecule has 1 saturated heterocycles. The third-order valence-corrected chi connectivity index (χ3v) is 6.07. The minimum Gasteiger partial charge on any atom is -0.314 e. The number of para-hydroxylation sites is 1. The summed E-state index contributed by atoms with van der Waals surface area (Å²) >= 11 is 1.59. The minimum absolute atomic E-state index is 0.0502. The van der Waals surface area contributed by atoms with E-state index in [0.29, 0.717) is 23.4 Å². The number of piperazine rings is 1. The van der Waals surface area contributed by atoms with Crippen molar-refractivity contribution in [3.05, 3.63) is 65.5 Å². The quantitative estimate of drug-likeness (QED) is 0.578. The molecule has 2 aliphatic heterocycles. The summed E-state index contributed by atoms with van der Waals surface area (Å²) in [5.41, 5.74) is 2.08. The Balaban J connectivity index is 0.00000141. The van der Waals surface area contributed by atoms with E-state index in [2.05, 4.69) is 24.1 Å². The monoisotopic (exact) mass is 463 g/mol. The SMILES string of the molecule is CC.Fc1cc(C2=NN=C(C(F)F)C2)ccc1CN(SN1CCNCC1)c1ccccc1. The molecule has 0 aromatic heterocycles. The van der Waals surface area contributed by atoms with Gasteiger partial charge in [0.1, 0.15) is 11.5 Å². The fourth-order valence-electron chi connectivity index (χ4n) is 3.28. The number of nitrogens with one attached hydrogen (secondary N) is 1. The summed E-state index contributed by atoms with van der Waals surface area (Å²) in [6.45, 7) is 8.02. The average molecular weight is 464 g/mol. The van der Waals surface area contributed by atoms with Crippen molar-refractivity contribution in [1.82, 2.24) is 9.62 Å². The molecule has 0 amide bonds. The van der Waals surface area contributed by atoms with Gasteiger partial charge in [0.2, 0.25) is 0 Å². The van der Waals surface area contributed by atoms with E-state index in [1.807, 2.05) is 44.2 Å². The highest BCUT2D eigenvalue weighted by molar-refractivity contribution is 7.98. The summed E-state index contributed by atoms with van der Waals surface area (Å²) in [5, 5.41) is 10.6. The summed E-state index contributed by atoms with van der Waals surface area (Å²) in [5.74, 6) is -0.387. The smallest absolute Gasteiger partial charge is 0.278 e. The highest BCUT2D eigenvalue weighted by Crippen LogP contribution is 2.29. The van der Waals surface area contributed by atoms with E-state index in [9.17, 15) is 13.2 Å². The van der Waals surface area contributed by atoms with Gasteiger partial charge in [-0.2, -0.15) is 10.2 Å². The standard InChI is InChI=1S/C21H22F3N5S.C2H6/c22-18-12-15(19-13-20(21(23)24)27-26-19)6-7-16(18)14-29(17-4-2-1-3-5-17)30-28-10-8-25-9-11-28;1-2/h1-7,12,21,25H,8-11,13-14H2;1-2H3. The van der Waals surface area contributed by atoms with Crippen LogP contribution in [0.3, 0.4) is 0 Å². The Kier molecular flexibility index (Phi) is 9.13. The Morgan fingerprint density at radius 1 is 1.06 bits per heavy atom. The molecule has 1 fully saturated rings. The molecule has 9 heteroatoms. The summed E-state index contributed by atoms with van der Waals surface area (Å²) in [7, 11) is 0. The van der Waals surface area contributed by atoms with Crippen LogP contribution in [0.1, 0.15) is 31.4 Å². The van der Waals surface area contributed by atoms with Gasteiger partial charge in [-0.05, 0) is 18.2 Å². The lowest BCUT2D eigenvalue weighted by Crippen LogP contribution is -2.41. The first-order valence-corrected chi connectivity index (χ1v) is 11.5. The van der Waals surface area contributed by atoms with Crippen molar-refractivity contribution >= 4 is 29.2 Å². The van der Waals surface area contributed by atoms with E-state index in [4.69, 9.17) is 0 Å². The third-order valence-electron chi connectivity index (χ3n) is 4.93. The van der Waals surface area contributed by atoms with Crippen molar-refractivity contribution in [3.8, 4) is 0 Å². The number of hydrogen-bond acceptors (Lipinski definition) is 6. The zero-order valence-corrected chi connectivity index (χ0v) is 19.1. The second-order valence-electron chi connectivity index (χ2n) is 7.05. The van der Waals surface area contributed by atoms with Gasteiger partial charge < -0.3 is 5.32 Å². The molecule has 0 radical (unpaired) electrons. The van der Waals surface area contributed by atoms with Gasteiger partial charge in [0.05, 0.1) is 12.3 Å². The molecular formula is C23H28F3N5S. The summed E-state index contributed by atoms with van der Waals surface area (Å²) in [4.78, 5) is 0. The number of hydrogen-bond donors (Lipinski definition) is 1. The van der Waals surface area contributed by atoms with Gasteiger partial charge in [-0.3, -0.25) is 4.31 Å². The van der Waals surface area contributed by atoms with Crippen LogP contribution >= 0.6 is 12.1 Å². The van der Waals surface area contributed by atoms with E-state index in [0.717, 1.165) is 31.9 Å². The number of rotatable bonds is 7. The Labute approximate surface area is 191 Å². The maximum Gasteiger partial charge on any atom is 0.278 e. The van der Waals surface area contributed by atoms with Crippen LogP contribution in [0.15, 0.2) is 58.7 Å². The van der Waals surface area contributed by atoms with E-state index < -0.39 is 6.43 Å². The lowest BCUT2D eigenvalue weighted by molar-refractivity contribution is 0.224. The van der Waals surface area contributed by atoms with Crippen LogP contribution in [-0.2, 0) is 6.54 Å². The first-order valence-electron chi connectivity index (χ1n) is 10.8. The zero-order valence-electron chi connectivity index (χ0n) is 18.3. The lowest BCUT2D eigenvalue weighted by Gasteiger charge is -2.32. The van der Waals surface area contributed by atoms with E-state index in [-0.39, 0.29) is 17.9 Å². The highest BCUT2D eigenvalue weighted by atomic mass is 32.2. The molecule has 0 aliphatic carbocycles. The Morgan fingerprint density at radius 2 is 1.78 bits per heavy atom. The number of anilines is 1. The van der Waals surface area contributed by atoms with E-state index in [1.54, 1.807) is 24.3 Å². The predicted molar refractivity (Wildman–Crippen MR) is 127 cm³/mol. The molecule has 5 nitrogen and oxygen atoms in total. The van der Waals surface area contributed by atoms with E-state index >= 15 is 0 Å². The van der Waals surface area contributed by atoms with Gasteiger partial charge >= 0.3 is 0 Å². The van der Waals surface area contributed by atoms with E-state index in [1.165, 1.54) is 6.07 Å². The molecule has 0 spiro atoms. The van der Waals surface area contributed by atoms with Crippen LogP contribution < -0.4 is 9.62 Å². The van der Waals surface area contributed by atoms with Crippen molar-refractivity contribution < 1.29 is 13.2 Å². The van der Waals surface area contributed by atoms with Crippen LogP contribution in [0.5, 0.6) is 0 Å². The molecular weight excluding hydrogens is 435 g/mol. The second kappa shape index (κ2) is 12.0. The van der Waals surface area contributed by atoms with Crippen LogP contribution in [0.2, 0.25) is 0 Å². The first kappa shape index (κ1) is 24.3. The Hall–Kier alpha value is -2.36. The molecule has 2 aromatic rings. The fourth-order valence-corrected chi connectivity index (χ4v) is 4.32. The van der Waals surface area contributed by atoms with Crippen LogP contribution in [0.4, 0.5) is 18.9 Å². The molecule has 0 bridgehead atoms. The van der Waals surface area contributed by atoms with Gasteiger partial charge in [-0.1, -0.05) is 44.2 Å².